The van der Waals surface area contributed by atoms with E-state index in [1.165, 1.54) is 6.42 Å². The number of hydrogen-bond donors (Lipinski definition) is 2. The summed E-state index contributed by atoms with van der Waals surface area (Å²) >= 11 is 0. The van der Waals surface area contributed by atoms with Gasteiger partial charge < -0.3 is 10.5 Å². The second kappa shape index (κ2) is 4.47. The molecule has 1 aromatic heterocycles. The van der Waals surface area contributed by atoms with Crippen molar-refractivity contribution < 1.29 is 4.74 Å². The zero-order chi connectivity index (χ0) is 11.7. The molecule has 0 amide bonds. The third-order valence-electron chi connectivity index (χ3n) is 3.42. The lowest BCUT2D eigenvalue weighted by atomic mass is 10.0. The Morgan fingerprint density at radius 3 is 3.12 bits per heavy atom. The smallest absolute Gasteiger partial charge is 0.0995 e. The number of aromatic amines is 1. The monoisotopic (exact) mass is 231 g/mol. The predicted octanol–water partition coefficient (Wildman–Crippen LogP) is 2.26. The van der Waals surface area contributed by atoms with Crippen LogP contribution in [-0.4, -0.2) is 16.8 Å². The molecule has 17 heavy (non-hydrogen) atoms. The maximum atomic E-state index is 5.82. The normalized spacial score (nSPS) is 20.9. The number of ether oxygens (including phenoxy) is 1. The van der Waals surface area contributed by atoms with Crippen LogP contribution < -0.4 is 5.73 Å². The maximum absolute atomic E-state index is 5.82. The fraction of sp³-hybridized carbons (Fsp3) is 0.462. The summed E-state index contributed by atoms with van der Waals surface area (Å²) in [5.41, 5.74) is 9.01. The van der Waals surface area contributed by atoms with Gasteiger partial charge in [0, 0.05) is 18.5 Å². The van der Waals surface area contributed by atoms with E-state index in [0.717, 1.165) is 41.6 Å². The molecule has 3 rings (SSSR count). The van der Waals surface area contributed by atoms with Crippen LogP contribution in [0.5, 0.6) is 0 Å². The first-order valence-electron chi connectivity index (χ1n) is 6.17. The minimum Gasteiger partial charge on any atom is -0.372 e. The lowest BCUT2D eigenvalue weighted by Gasteiger charge is -2.22. The van der Waals surface area contributed by atoms with Crippen molar-refractivity contribution in [1.82, 2.24) is 10.2 Å². The molecule has 90 valence electrons. The van der Waals surface area contributed by atoms with Crippen LogP contribution in [0.2, 0.25) is 0 Å². The first-order chi connectivity index (χ1) is 8.40. The van der Waals surface area contributed by atoms with E-state index in [1.807, 2.05) is 12.1 Å². The van der Waals surface area contributed by atoms with Crippen molar-refractivity contribution in [2.24, 2.45) is 5.73 Å². The van der Waals surface area contributed by atoms with Crippen molar-refractivity contribution in [2.75, 3.05) is 6.61 Å². The third-order valence-corrected chi connectivity index (χ3v) is 3.42. The summed E-state index contributed by atoms with van der Waals surface area (Å²) in [5.74, 6) is 0. The van der Waals surface area contributed by atoms with Gasteiger partial charge in [0.15, 0.2) is 0 Å². The molecule has 0 bridgehead atoms. The van der Waals surface area contributed by atoms with E-state index in [2.05, 4.69) is 16.3 Å². The molecule has 0 saturated carbocycles. The number of fused-ring (bicyclic) bond motifs is 1. The van der Waals surface area contributed by atoms with Gasteiger partial charge in [0.05, 0.1) is 17.3 Å². The fourth-order valence-electron chi connectivity index (χ4n) is 2.54. The number of aromatic nitrogens is 2. The van der Waals surface area contributed by atoms with Crippen molar-refractivity contribution in [1.29, 1.82) is 0 Å². The summed E-state index contributed by atoms with van der Waals surface area (Å²) in [6.07, 6.45) is 3.60. The Morgan fingerprint density at radius 1 is 1.41 bits per heavy atom. The van der Waals surface area contributed by atoms with E-state index < -0.39 is 0 Å². The first kappa shape index (κ1) is 10.7. The Labute approximate surface area is 100 Å². The molecule has 3 N–H and O–H groups in total. The second-order valence-electron chi connectivity index (χ2n) is 4.51. The Hall–Kier alpha value is -1.39. The van der Waals surface area contributed by atoms with E-state index in [9.17, 15) is 0 Å². The van der Waals surface area contributed by atoms with E-state index in [4.69, 9.17) is 10.5 Å². The highest BCUT2D eigenvalue weighted by Crippen LogP contribution is 2.32. The number of nitrogens with one attached hydrogen (secondary N) is 1. The van der Waals surface area contributed by atoms with Crippen LogP contribution in [0.25, 0.3) is 10.9 Å². The molecule has 4 heteroatoms. The van der Waals surface area contributed by atoms with E-state index in [-0.39, 0.29) is 6.10 Å². The average molecular weight is 231 g/mol. The SMILES string of the molecule is NCc1cccc2n[nH]c(C3CCCCO3)c12. The molecule has 4 nitrogen and oxygen atoms in total. The summed E-state index contributed by atoms with van der Waals surface area (Å²) < 4.78 is 5.82. The Bertz CT molecular complexity index is 514. The van der Waals surface area contributed by atoms with Gasteiger partial charge in [-0.15, -0.1) is 0 Å². The zero-order valence-electron chi connectivity index (χ0n) is 9.78. The maximum Gasteiger partial charge on any atom is 0.0995 e. The summed E-state index contributed by atoms with van der Waals surface area (Å²) in [6, 6.07) is 6.07. The van der Waals surface area contributed by atoms with Crippen LogP contribution >= 0.6 is 0 Å². The van der Waals surface area contributed by atoms with Crippen LogP contribution in [0, 0.1) is 0 Å². The zero-order valence-corrected chi connectivity index (χ0v) is 9.78. The standard InChI is InChI=1S/C13H17N3O/c14-8-9-4-3-5-10-12(9)13(16-15-10)11-6-1-2-7-17-11/h3-5,11H,1-2,6-8,14H2,(H,15,16). The molecule has 2 aromatic rings. The van der Waals surface area contributed by atoms with Crippen molar-refractivity contribution in [3.63, 3.8) is 0 Å². The van der Waals surface area contributed by atoms with E-state index in [0.29, 0.717) is 6.54 Å². The number of benzene rings is 1. The quantitative estimate of drug-likeness (QED) is 0.833. The molecule has 1 aliphatic heterocycles. The van der Waals surface area contributed by atoms with Gasteiger partial charge >= 0.3 is 0 Å². The molecule has 0 aliphatic carbocycles. The largest absolute Gasteiger partial charge is 0.372 e. The molecule has 1 atom stereocenters. The van der Waals surface area contributed by atoms with Crippen molar-refractivity contribution in [3.05, 3.63) is 29.5 Å². The molecule has 1 aliphatic rings. The number of hydrogen-bond acceptors (Lipinski definition) is 3. The van der Waals surface area contributed by atoms with E-state index in [1.54, 1.807) is 0 Å². The van der Waals surface area contributed by atoms with Crippen LogP contribution in [-0.2, 0) is 11.3 Å². The highest BCUT2D eigenvalue weighted by Gasteiger charge is 2.21. The van der Waals surface area contributed by atoms with Crippen LogP contribution in [0.3, 0.4) is 0 Å². The van der Waals surface area contributed by atoms with Crippen LogP contribution in [0.4, 0.5) is 0 Å². The Morgan fingerprint density at radius 2 is 2.35 bits per heavy atom. The average Bonchev–Trinajstić information content (AvgIpc) is 2.83. The highest BCUT2D eigenvalue weighted by atomic mass is 16.5. The molecule has 1 saturated heterocycles. The van der Waals surface area contributed by atoms with Gasteiger partial charge in [-0.3, -0.25) is 5.10 Å². The molecular weight excluding hydrogens is 214 g/mol. The summed E-state index contributed by atoms with van der Waals surface area (Å²) in [6.45, 7) is 1.38. The van der Waals surface area contributed by atoms with Crippen molar-refractivity contribution in [2.45, 2.75) is 31.9 Å². The molecular formula is C13H17N3O. The third kappa shape index (κ3) is 1.83. The number of rotatable bonds is 2. The minimum atomic E-state index is 0.154. The Kier molecular flexibility index (Phi) is 2.82. The van der Waals surface area contributed by atoms with Gasteiger partial charge in [-0.2, -0.15) is 5.10 Å². The van der Waals surface area contributed by atoms with Gasteiger partial charge in [-0.1, -0.05) is 12.1 Å². The van der Waals surface area contributed by atoms with Gasteiger partial charge in [0.1, 0.15) is 0 Å². The second-order valence-corrected chi connectivity index (χ2v) is 4.51. The fourth-order valence-corrected chi connectivity index (χ4v) is 2.54. The summed E-state index contributed by atoms with van der Waals surface area (Å²) in [7, 11) is 0. The Balaban J connectivity index is 2.09. The molecule has 2 heterocycles. The lowest BCUT2D eigenvalue weighted by molar-refractivity contribution is 0.0131. The molecule has 1 aromatic carbocycles. The van der Waals surface area contributed by atoms with Crippen molar-refractivity contribution in [3.8, 4) is 0 Å². The number of nitrogens with two attached hydrogens (primary N) is 1. The topological polar surface area (TPSA) is 63.9 Å². The lowest BCUT2D eigenvalue weighted by Crippen LogP contribution is -2.12. The van der Waals surface area contributed by atoms with Crippen LogP contribution in [0.1, 0.15) is 36.6 Å². The highest BCUT2D eigenvalue weighted by molar-refractivity contribution is 5.85. The number of H-pyrrole nitrogens is 1. The number of nitrogens with zero attached hydrogens (tertiary/aromatic N) is 1. The van der Waals surface area contributed by atoms with Gasteiger partial charge in [0.2, 0.25) is 0 Å². The summed E-state index contributed by atoms with van der Waals surface area (Å²) in [4.78, 5) is 0. The van der Waals surface area contributed by atoms with E-state index >= 15 is 0 Å². The molecule has 0 spiro atoms. The van der Waals surface area contributed by atoms with Gasteiger partial charge in [-0.25, -0.2) is 0 Å². The molecule has 1 fully saturated rings. The molecule has 0 radical (unpaired) electrons. The summed E-state index contributed by atoms with van der Waals surface area (Å²) in [5, 5.41) is 8.62. The van der Waals surface area contributed by atoms with Gasteiger partial charge in [0.25, 0.3) is 0 Å². The molecule has 1 unspecified atom stereocenters. The van der Waals surface area contributed by atoms with Crippen LogP contribution in [0.15, 0.2) is 18.2 Å². The first-order valence-corrected chi connectivity index (χ1v) is 6.17. The minimum absolute atomic E-state index is 0.154. The predicted molar refractivity (Wildman–Crippen MR) is 66.5 cm³/mol. The van der Waals surface area contributed by atoms with Gasteiger partial charge in [-0.05, 0) is 30.9 Å². The van der Waals surface area contributed by atoms with Crippen molar-refractivity contribution >= 4 is 10.9 Å².